The van der Waals surface area contributed by atoms with Gasteiger partial charge in [0.05, 0.1) is 6.54 Å². The maximum Gasteiger partial charge on any atom is 0.242 e. The first-order valence-corrected chi connectivity index (χ1v) is 7.36. The lowest BCUT2D eigenvalue weighted by Gasteiger charge is -2.34. The van der Waals surface area contributed by atoms with Gasteiger partial charge in [-0.05, 0) is 12.5 Å². The Labute approximate surface area is 122 Å². The molecule has 5 nitrogen and oxygen atoms in total. The van der Waals surface area contributed by atoms with Gasteiger partial charge in [0, 0.05) is 31.2 Å². The van der Waals surface area contributed by atoms with Crippen LogP contribution < -0.4 is 4.90 Å². The molecular weight excluding hydrogens is 272 g/mol. The molecule has 0 bridgehead atoms. The first-order chi connectivity index (χ1) is 9.72. The van der Waals surface area contributed by atoms with Gasteiger partial charge in [0.1, 0.15) is 5.82 Å². The number of aryl methyl sites for hydroxylation is 1. The van der Waals surface area contributed by atoms with Crippen LogP contribution in [0.3, 0.4) is 0 Å². The second-order valence-corrected chi connectivity index (χ2v) is 5.58. The maximum absolute atomic E-state index is 12.2. The molecule has 1 aliphatic rings. The van der Waals surface area contributed by atoms with E-state index < -0.39 is 0 Å². The molecule has 2 heterocycles. The van der Waals surface area contributed by atoms with Crippen LogP contribution in [0.1, 0.15) is 11.4 Å². The van der Waals surface area contributed by atoms with Crippen molar-refractivity contribution in [1.29, 1.82) is 0 Å². The van der Waals surface area contributed by atoms with E-state index in [1.807, 2.05) is 47.1 Å². The zero-order valence-corrected chi connectivity index (χ0v) is 12.1. The van der Waals surface area contributed by atoms with Crippen LogP contribution in [0.4, 0.5) is 5.13 Å². The number of benzene rings is 1. The maximum atomic E-state index is 12.2. The zero-order valence-electron chi connectivity index (χ0n) is 11.3. The number of piperazine rings is 1. The van der Waals surface area contributed by atoms with E-state index in [9.17, 15) is 4.79 Å². The fourth-order valence-corrected chi connectivity index (χ4v) is 2.96. The monoisotopic (exact) mass is 288 g/mol. The molecule has 1 aliphatic heterocycles. The Bertz CT molecular complexity index is 598. The summed E-state index contributed by atoms with van der Waals surface area (Å²) in [7, 11) is 0. The van der Waals surface area contributed by atoms with Crippen molar-refractivity contribution in [2.24, 2.45) is 0 Å². The summed E-state index contributed by atoms with van der Waals surface area (Å²) in [5.74, 6) is 0.914. The molecule has 0 atom stereocenters. The quantitative estimate of drug-likeness (QED) is 0.862. The van der Waals surface area contributed by atoms with E-state index >= 15 is 0 Å². The first kappa shape index (κ1) is 13.1. The van der Waals surface area contributed by atoms with Crippen LogP contribution >= 0.6 is 11.5 Å². The number of anilines is 1. The molecule has 3 rings (SSSR count). The number of aromatic nitrogens is 2. The summed E-state index contributed by atoms with van der Waals surface area (Å²) in [6, 6.07) is 10.1. The van der Waals surface area contributed by atoms with E-state index in [-0.39, 0.29) is 5.91 Å². The molecule has 2 aromatic rings. The van der Waals surface area contributed by atoms with Gasteiger partial charge >= 0.3 is 0 Å². The van der Waals surface area contributed by atoms with E-state index in [4.69, 9.17) is 0 Å². The fraction of sp³-hybridized carbons (Fsp3) is 0.357. The molecule has 0 N–H and O–H groups in total. The lowest BCUT2D eigenvalue weighted by atomic mass is 10.2. The van der Waals surface area contributed by atoms with Crippen LogP contribution in [0.15, 0.2) is 30.3 Å². The van der Waals surface area contributed by atoms with Gasteiger partial charge in [-0.25, -0.2) is 4.98 Å². The topological polar surface area (TPSA) is 49.3 Å². The minimum atomic E-state index is 0.146. The van der Waals surface area contributed by atoms with Crippen LogP contribution in [0.25, 0.3) is 0 Å². The van der Waals surface area contributed by atoms with Crippen molar-refractivity contribution in [3.63, 3.8) is 0 Å². The van der Waals surface area contributed by atoms with E-state index in [1.54, 1.807) is 0 Å². The van der Waals surface area contributed by atoms with Crippen LogP contribution in [0, 0.1) is 6.92 Å². The smallest absolute Gasteiger partial charge is 0.242 e. The number of nitrogens with zero attached hydrogens (tertiary/aromatic N) is 4. The highest BCUT2D eigenvalue weighted by atomic mass is 32.1. The van der Waals surface area contributed by atoms with Crippen LogP contribution in [-0.4, -0.2) is 39.8 Å². The number of carbonyl (C=O) groups is 1. The minimum absolute atomic E-state index is 0.146. The normalized spacial score (nSPS) is 15.8. The number of carbonyl (C=O) groups excluding carboxylic acids is 1. The van der Waals surface area contributed by atoms with Crippen molar-refractivity contribution >= 4 is 22.6 Å². The lowest BCUT2D eigenvalue weighted by Crippen LogP contribution is -2.50. The molecule has 0 saturated carbocycles. The molecule has 1 amide bonds. The predicted octanol–water partition coefficient (Wildman–Crippen LogP) is 1.70. The molecule has 104 valence electrons. The van der Waals surface area contributed by atoms with E-state index in [2.05, 4.69) is 9.36 Å². The van der Waals surface area contributed by atoms with Crippen molar-refractivity contribution in [3.8, 4) is 0 Å². The molecule has 20 heavy (non-hydrogen) atoms. The summed E-state index contributed by atoms with van der Waals surface area (Å²) in [4.78, 5) is 20.5. The third kappa shape index (κ3) is 2.80. The largest absolute Gasteiger partial charge is 0.336 e. The van der Waals surface area contributed by atoms with Gasteiger partial charge in [-0.3, -0.25) is 4.79 Å². The molecule has 1 fully saturated rings. The summed E-state index contributed by atoms with van der Waals surface area (Å²) in [6.07, 6.45) is 0. The van der Waals surface area contributed by atoms with Crippen molar-refractivity contribution in [2.45, 2.75) is 13.5 Å². The van der Waals surface area contributed by atoms with Crippen LogP contribution in [0.2, 0.25) is 0 Å². The predicted molar refractivity (Wildman–Crippen MR) is 78.7 cm³/mol. The Morgan fingerprint density at radius 2 is 2.05 bits per heavy atom. The third-order valence-corrected chi connectivity index (χ3v) is 4.19. The number of amides is 1. The summed E-state index contributed by atoms with van der Waals surface area (Å²) < 4.78 is 4.17. The minimum Gasteiger partial charge on any atom is -0.336 e. The van der Waals surface area contributed by atoms with Gasteiger partial charge < -0.3 is 9.80 Å². The van der Waals surface area contributed by atoms with Crippen LogP contribution in [-0.2, 0) is 11.3 Å². The van der Waals surface area contributed by atoms with Gasteiger partial charge in [0.2, 0.25) is 11.0 Å². The Morgan fingerprint density at radius 1 is 1.25 bits per heavy atom. The molecule has 1 saturated heterocycles. The molecule has 0 aliphatic carbocycles. The second-order valence-electron chi connectivity index (χ2n) is 4.85. The van der Waals surface area contributed by atoms with E-state index in [0.717, 1.165) is 24.0 Å². The number of hydrogen-bond donors (Lipinski definition) is 0. The highest BCUT2D eigenvalue weighted by molar-refractivity contribution is 7.09. The first-order valence-electron chi connectivity index (χ1n) is 6.59. The average Bonchev–Trinajstić information content (AvgIpc) is 2.89. The summed E-state index contributed by atoms with van der Waals surface area (Å²) in [5, 5.41) is 0.843. The molecule has 1 aromatic heterocycles. The third-order valence-electron chi connectivity index (χ3n) is 3.32. The highest BCUT2D eigenvalue weighted by Crippen LogP contribution is 2.19. The van der Waals surface area contributed by atoms with Gasteiger partial charge in [0.25, 0.3) is 0 Å². The lowest BCUT2D eigenvalue weighted by molar-refractivity contribution is -0.131. The second kappa shape index (κ2) is 5.58. The summed E-state index contributed by atoms with van der Waals surface area (Å²) >= 11 is 1.36. The average molecular weight is 288 g/mol. The summed E-state index contributed by atoms with van der Waals surface area (Å²) in [6.45, 7) is 4.48. The number of hydrogen-bond acceptors (Lipinski definition) is 5. The molecule has 0 spiro atoms. The van der Waals surface area contributed by atoms with Gasteiger partial charge in [-0.1, -0.05) is 30.3 Å². The fourth-order valence-electron chi connectivity index (χ4n) is 2.26. The van der Waals surface area contributed by atoms with Gasteiger partial charge in [-0.2, -0.15) is 4.37 Å². The zero-order chi connectivity index (χ0) is 13.9. The SMILES string of the molecule is Cc1nsc(N2CCN(Cc3ccccc3)C(=O)C2)n1. The highest BCUT2D eigenvalue weighted by Gasteiger charge is 2.25. The Morgan fingerprint density at radius 3 is 2.70 bits per heavy atom. The van der Waals surface area contributed by atoms with Crippen molar-refractivity contribution < 1.29 is 4.79 Å². The molecule has 0 unspecified atom stereocenters. The molecule has 1 aromatic carbocycles. The molecular formula is C14H16N4OS. The van der Waals surface area contributed by atoms with Crippen LogP contribution in [0.5, 0.6) is 0 Å². The van der Waals surface area contributed by atoms with Gasteiger partial charge in [-0.15, -0.1) is 0 Å². The van der Waals surface area contributed by atoms with Crippen molar-refractivity contribution in [3.05, 3.63) is 41.7 Å². The van der Waals surface area contributed by atoms with Crippen molar-refractivity contribution in [1.82, 2.24) is 14.3 Å². The summed E-state index contributed by atoms with van der Waals surface area (Å²) in [5.41, 5.74) is 1.17. The van der Waals surface area contributed by atoms with Gasteiger partial charge in [0.15, 0.2) is 0 Å². The Balaban J connectivity index is 1.64. The van der Waals surface area contributed by atoms with E-state index in [0.29, 0.717) is 13.1 Å². The standard InChI is InChI=1S/C14H16N4OS/c1-11-15-14(20-16-11)18-8-7-17(13(19)10-18)9-12-5-3-2-4-6-12/h2-6H,7-10H2,1H3. The number of rotatable bonds is 3. The van der Waals surface area contributed by atoms with Crippen molar-refractivity contribution in [2.75, 3.05) is 24.5 Å². The Kier molecular flexibility index (Phi) is 3.64. The molecule has 0 radical (unpaired) electrons. The molecule has 6 heteroatoms. The van der Waals surface area contributed by atoms with E-state index in [1.165, 1.54) is 17.1 Å². The Hall–Kier alpha value is -1.95.